The number of carbonyl (C=O) groups is 3. The Morgan fingerprint density at radius 3 is 2.39 bits per heavy atom. The number of hydrogen-bond donors (Lipinski definition) is 1. The van der Waals surface area contributed by atoms with Gasteiger partial charge in [0.25, 0.3) is 0 Å². The van der Waals surface area contributed by atoms with Gasteiger partial charge in [0.1, 0.15) is 0 Å². The average Bonchev–Trinajstić information content (AvgIpc) is 2.96. The highest BCUT2D eigenvalue weighted by Crippen LogP contribution is 2.47. The van der Waals surface area contributed by atoms with Crippen LogP contribution in [0, 0.1) is 19.3 Å². The van der Waals surface area contributed by atoms with E-state index < -0.39 is 5.41 Å². The zero-order valence-electron chi connectivity index (χ0n) is 18.1. The molecule has 0 aliphatic carbocycles. The number of fused-ring (bicyclic) bond motifs is 1. The van der Waals surface area contributed by atoms with Gasteiger partial charge in [-0.2, -0.15) is 0 Å². The molecule has 0 saturated carbocycles. The van der Waals surface area contributed by atoms with E-state index in [9.17, 15) is 14.4 Å². The maximum atomic E-state index is 12.6. The highest BCUT2D eigenvalue weighted by molar-refractivity contribution is 6.05. The second-order valence-corrected chi connectivity index (χ2v) is 8.52. The normalized spacial score (nSPS) is 16.0. The van der Waals surface area contributed by atoms with Gasteiger partial charge in [0.2, 0.25) is 11.8 Å². The van der Waals surface area contributed by atoms with Crippen LogP contribution in [0.3, 0.4) is 0 Å². The van der Waals surface area contributed by atoms with E-state index in [4.69, 9.17) is 4.74 Å². The third-order valence-corrected chi connectivity index (χ3v) is 5.13. The molecule has 1 N–H and O–H groups in total. The molecule has 1 atom stereocenters. The lowest BCUT2D eigenvalue weighted by Gasteiger charge is -2.24. The summed E-state index contributed by atoms with van der Waals surface area (Å²) in [5.74, 6) is -0.359. The highest BCUT2D eigenvalue weighted by Gasteiger charge is 2.36. The van der Waals surface area contributed by atoms with Crippen LogP contribution >= 0.6 is 0 Å². The van der Waals surface area contributed by atoms with Gasteiger partial charge in [0.15, 0.2) is 0 Å². The fourth-order valence-electron chi connectivity index (χ4n) is 3.69. The Bertz CT molecular complexity index is 793. The first kappa shape index (κ1) is 21.9. The van der Waals surface area contributed by atoms with Crippen molar-refractivity contribution in [3.05, 3.63) is 22.8 Å². The van der Waals surface area contributed by atoms with Crippen LogP contribution in [-0.4, -0.2) is 30.9 Å². The first-order chi connectivity index (χ1) is 13.0. The molecular formula is C22H32N2O4. The second kappa shape index (κ2) is 8.33. The summed E-state index contributed by atoms with van der Waals surface area (Å²) >= 11 is 0. The summed E-state index contributed by atoms with van der Waals surface area (Å²) in [4.78, 5) is 38.6. The summed E-state index contributed by atoms with van der Waals surface area (Å²) in [6.45, 7) is 13.7. The maximum absolute atomic E-state index is 12.6. The molecule has 0 aromatic heterocycles. The van der Waals surface area contributed by atoms with Crippen LogP contribution < -0.4 is 10.2 Å². The second-order valence-electron chi connectivity index (χ2n) is 8.52. The molecule has 1 aromatic rings. The molecule has 2 rings (SSSR count). The van der Waals surface area contributed by atoms with E-state index in [1.807, 2.05) is 40.7 Å². The van der Waals surface area contributed by atoms with Crippen molar-refractivity contribution in [1.82, 2.24) is 0 Å². The lowest BCUT2D eigenvalue weighted by molar-refractivity contribution is -0.143. The number of esters is 1. The van der Waals surface area contributed by atoms with E-state index in [1.54, 1.807) is 11.8 Å². The zero-order valence-corrected chi connectivity index (χ0v) is 18.1. The number of rotatable bonds is 5. The number of amides is 2. The van der Waals surface area contributed by atoms with Gasteiger partial charge >= 0.3 is 5.97 Å². The number of nitrogens with zero attached hydrogens (tertiary/aromatic N) is 1. The van der Waals surface area contributed by atoms with Gasteiger partial charge in [-0.25, -0.2) is 0 Å². The highest BCUT2D eigenvalue weighted by atomic mass is 16.5. The van der Waals surface area contributed by atoms with Gasteiger partial charge in [-0.1, -0.05) is 26.8 Å². The fourth-order valence-corrected chi connectivity index (χ4v) is 3.69. The number of nitrogens with one attached hydrogen (secondary N) is 1. The van der Waals surface area contributed by atoms with Crippen molar-refractivity contribution in [2.45, 2.75) is 67.2 Å². The Balaban J connectivity index is 2.47. The molecule has 6 heteroatoms. The van der Waals surface area contributed by atoms with E-state index >= 15 is 0 Å². The van der Waals surface area contributed by atoms with E-state index in [-0.39, 0.29) is 23.7 Å². The maximum Gasteiger partial charge on any atom is 0.305 e. The van der Waals surface area contributed by atoms with E-state index in [0.717, 1.165) is 22.4 Å². The Labute approximate surface area is 167 Å². The number of benzene rings is 1. The summed E-state index contributed by atoms with van der Waals surface area (Å²) in [6.07, 6.45) is 0.910. The quantitative estimate of drug-likeness (QED) is 0.771. The van der Waals surface area contributed by atoms with Gasteiger partial charge in [-0.05, 0) is 43.9 Å². The lowest BCUT2D eigenvalue weighted by Crippen LogP contribution is -2.31. The van der Waals surface area contributed by atoms with Crippen molar-refractivity contribution in [3.63, 3.8) is 0 Å². The minimum Gasteiger partial charge on any atom is -0.466 e. The van der Waals surface area contributed by atoms with Gasteiger partial charge in [-0.15, -0.1) is 0 Å². The molecule has 1 aliphatic heterocycles. The monoisotopic (exact) mass is 388 g/mol. The Kier molecular flexibility index (Phi) is 6.52. The fraction of sp³-hybridized carbons (Fsp3) is 0.591. The Morgan fingerprint density at radius 1 is 1.21 bits per heavy atom. The smallest absolute Gasteiger partial charge is 0.305 e. The van der Waals surface area contributed by atoms with Crippen molar-refractivity contribution in [3.8, 4) is 0 Å². The molecule has 1 aliphatic rings. The summed E-state index contributed by atoms with van der Waals surface area (Å²) in [5, 5.41) is 3.04. The standard InChI is InChI=1S/C22H32N2O4/c1-8-28-17(26)10-9-16-12-24(15(4)25)20-18(16)13(2)11-14(3)19(20)23-21(27)22(5,6)7/h11,16H,8-10,12H2,1-7H3,(H,23,27). The molecule has 1 heterocycles. The van der Waals surface area contributed by atoms with Crippen LogP contribution in [0.1, 0.15) is 70.1 Å². The van der Waals surface area contributed by atoms with Gasteiger partial charge in [-0.3, -0.25) is 14.4 Å². The molecule has 6 nitrogen and oxygen atoms in total. The number of ether oxygens (including phenoxy) is 1. The number of anilines is 2. The van der Waals surface area contributed by atoms with Crippen molar-refractivity contribution in [2.24, 2.45) is 5.41 Å². The Morgan fingerprint density at radius 2 is 1.86 bits per heavy atom. The summed E-state index contributed by atoms with van der Waals surface area (Å²) in [7, 11) is 0. The van der Waals surface area contributed by atoms with Crippen molar-refractivity contribution >= 4 is 29.2 Å². The van der Waals surface area contributed by atoms with E-state index in [0.29, 0.717) is 31.7 Å². The van der Waals surface area contributed by atoms with E-state index in [2.05, 4.69) is 5.32 Å². The Hall–Kier alpha value is -2.37. The number of aryl methyl sites for hydroxylation is 2. The molecule has 154 valence electrons. The summed E-state index contributed by atoms with van der Waals surface area (Å²) < 4.78 is 5.05. The minimum absolute atomic E-state index is 0.0363. The van der Waals surface area contributed by atoms with Crippen LogP contribution in [0.15, 0.2) is 6.07 Å². The van der Waals surface area contributed by atoms with Crippen LogP contribution in [0.25, 0.3) is 0 Å². The molecular weight excluding hydrogens is 356 g/mol. The van der Waals surface area contributed by atoms with Gasteiger partial charge in [0, 0.05) is 31.2 Å². The van der Waals surface area contributed by atoms with Crippen molar-refractivity contribution in [1.29, 1.82) is 0 Å². The largest absolute Gasteiger partial charge is 0.466 e. The average molecular weight is 389 g/mol. The SMILES string of the molecule is CCOC(=O)CCC1CN(C(C)=O)c2c(NC(=O)C(C)(C)C)c(C)cc(C)c21. The molecule has 28 heavy (non-hydrogen) atoms. The van der Waals surface area contributed by atoms with Crippen LogP contribution in [0.4, 0.5) is 11.4 Å². The molecule has 2 amide bonds. The molecule has 0 bridgehead atoms. The van der Waals surface area contributed by atoms with Crippen LogP contribution in [0.2, 0.25) is 0 Å². The van der Waals surface area contributed by atoms with Crippen molar-refractivity contribution < 1.29 is 19.1 Å². The first-order valence-corrected chi connectivity index (χ1v) is 9.86. The third-order valence-electron chi connectivity index (χ3n) is 5.13. The predicted octanol–water partition coefficient (Wildman–Crippen LogP) is 4.08. The topological polar surface area (TPSA) is 75.7 Å². The van der Waals surface area contributed by atoms with Crippen molar-refractivity contribution in [2.75, 3.05) is 23.4 Å². The van der Waals surface area contributed by atoms with Gasteiger partial charge < -0.3 is 15.0 Å². The molecule has 0 fully saturated rings. The number of hydrogen-bond acceptors (Lipinski definition) is 4. The summed E-state index contributed by atoms with van der Waals surface area (Å²) in [6, 6.07) is 2.04. The zero-order chi connectivity index (χ0) is 21.2. The first-order valence-electron chi connectivity index (χ1n) is 9.86. The molecule has 0 radical (unpaired) electrons. The molecule has 1 aromatic carbocycles. The van der Waals surface area contributed by atoms with Crippen LogP contribution in [-0.2, 0) is 19.1 Å². The third kappa shape index (κ3) is 4.54. The number of carbonyl (C=O) groups excluding carboxylic acids is 3. The van der Waals surface area contributed by atoms with Gasteiger partial charge in [0.05, 0.1) is 18.0 Å². The minimum atomic E-state index is -0.548. The molecule has 1 unspecified atom stereocenters. The van der Waals surface area contributed by atoms with E-state index in [1.165, 1.54) is 6.92 Å². The molecule has 0 saturated heterocycles. The molecule has 0 spiro atoms. The lowest BCUT2D eigenvalue weighted by atomic mass is 9.90. The predicted molar refractivity (Wildman–Crippen MR) is 111 cm³/mol. The summed E-state index contributed by atoms with van der Waals surface area (Å²) in [5.41, 5.74) is 3.94. The van der Waals surface area contributed by atoms with Crippen LogP contribution in [0.5, 0.6) is 0 Å².